The quantitative estimate of drug-likeness (QED) is 0.206. The number of para-hydroxylation sites is 1. The van der Waals surface area contributed by atoms with Crippen LogP contribution in [0, 0.1) is 19.7 Å². The van der Waals surface area contributed by atoms with E-state index in [1.165, 1.54) is 6.07 Å². The predicted octanol–water partition coefficient (Wildman–Crippen LogP) is 10.9. The molecule has 0 spiro atoms. The Labute approximate surface area is 257 Å². The average Bonchev–Trinajstić information content (AvgIpc) is 3.72. The first-order valence-corrected chi connectivity index (χ1v) is 15.2. The fourth-order valence-corrected chi connectivity index (χ4v) is 6.92. The van der Waals surface area contributed by atoms with Crippen molar-refractivity contribution < 1.29 is 13.2 Å². The zero-order chi connectivity index (χ0) is 30.6. The molecule has 0 N–H and O–H groups in total. The lowest BCUT2D eigenvalue weighted by Crippen LogP contribution is -2.03. The lowest BCUT2D eigenvalue weighted by atomic mass is 10.0. The molecule has 6 heteroatoms. The second-order valence-electron chi connectivity index (χ2n) is 12.2. The van der Waals surface area contributed by atoms with Crippen LogP contribution < -0.4 is 0 Å². The van der Waals surface area contributed by atoms with E-state index in [2.05, 4.69) is 68.7 Å². The monoisotopic (exact) mass is 589 g/mol. The maximum Gasteiger partial charge on any atom is 0.227 e. The predicted molar refractivity (Wildman–Crippen MR) is 180 cm³/mol. The molecular formula is C39H28FN3O2. The van der Waals surface area contributed by atoms with Gasteiger partial charge in [-0.3, -0.25) is 4.57 Å². The third-order valence-corrected chi connectivity index (χ3v) is 9.10. The molecule has 0 radical (unpaired) electrons. The highest BCUT2D eigenvalue weighted by atomic mass is 19.1. The Kier molecular flexibility index (Phi) is 5.34. The van der Waals surface area contributed by atoms with Crippen molar-refractivity contribution >= 4 is 65.8 Å². The summed E-state index contributed by atoms with van der Waals surface area (Å²) in [5.74, 6) is 0.524. The number of nitrogens with zero attached hydrogens (tertiary/aromatic N) is 3. The molecule has 0 aliphatic rings. The van der Waals surface area contributed by atoms with Crippen molar-refractivity contribution in [2.45, 2.75) is 33.6 Å². The molecule has 0 bridgehead atoms. The summed E-state index contributed by atoms with van der Waals surface area (Å²) in [4.78, 5) is 10.00. The summed E-state index contributed by atoms with van der Waals surface area (Å²) < 4.78 is 30.7. The van der Waals surface area contributed by atoms with E-state index >= 15 is 4.39 Å². The van der Waals surface area contributed by atoms with Crippen molar-refractivity contribution in [1.29, 1.82) is 0 Å². The molecule has 9 aromatic rings. The van der Waals surface area contributed by atoms with Gasteiger partial charge in [0.05, 0.1) is 33.1 Å². The molecule has 9 rings (SSSR count). The third kappa shape index (κ3) is 3.65. The smallest absolute Gasteiger partial charge is 0.227 e. The molecule has 4 aromatic heterocycles. The van der Waals surface area contributed by atoms with Crippen LogP contribution in [0.25, 0.3) is 82.9 Å². The van der Waals surface area contributed by atoms with Crippen LogP contribution >= 0.6 is 0 Å². The Hall–Kier alpha value is -5.49. The number of hydrogen-bond donors (Lipinski definition) is 0. The maximum atomic E-state index is 15.6. The van der Waals surface area contributed by atoms with Crippen molar-refractivity contribution in [2.24, 2.45) is 0 Å². The molecule has 0 unspecified atom stereocenters. The van der Waals surface area contributed by atoms with Crippen molar-refractivity contribution in [3.05, 3.63) is 114 Å². The number of imidazole rings is 1. The number of furan rings is 2. The molecule has 0 atom stereocenters. The third-order valence-electron chi connectivity index (χ3n) is 9.10. The highest BCUT2D eigenvalue weighted by Crippen LogP contribution is 2.42. The summed E-state index contributed by atoms with van der Waals surface area (Å²) in [6.07, 6.45) is 0. The topological polar surface area (TPSA) is 57.0 Å². The highest BCUT2D eigenvalue weighted by molar-refractivity contribution is 6.10. The van der Waals surface area contributed by atoms with Gasteiger partial charge in [0.2, 0.25) is 5.71 Å². The summed E-state index contributed by atoms with van der Waals surface area (Å²) in [6.45, 7) is 8.39. The normalized spacial score (nSPS) is 12.3. The van der Waals surface area contributed by atoms with Crippen molar-refractivity contribution in [3.8, 4) is 17.1 Å². The number of hydrogen-bond acceptors (Lipinski definition) is 4. The maximum absolute atomic E-state index is 15.6. The van der Waals surface area contributed by atoms with Gasteiger partial charge in [-0.25, -0.2) is 14.4 Å². The van der Waals surface area contributed by atoms with E-state index in [1.807, 2.05) is 42.5 Å². The molecule has 5 nitrogen and oxygen atoms in total. The molecule has 0 amide bonds. The average molecular weight is 590 g/mol. The second-order valence-corrected chi connectivity index (χ2v) is 12.2. The molecule has 0 aliphatic carbocycles. The van der Waals surface area contributed by atoms with Gasteiger partial charge in [-0.1, -0.05) is 56.3 Å². The standard InChI is InChI=1S/C39H28FN3O2/c1-20(2)30-16-14-26-34-29(40)15-13-27(37(34)45-39(26)42-30)38-41-31-18-23-9-5-6-10-24(23)19-32(31)43(38)35-21(3)17-28-25-11-7-8-12-33(25)44-36(28)22(35)4/h5-20H,1-4H3. The number of halogens is 1. The molecule has 45 heavy (non-hydrogen) atoms. The second kappa shape index (κ2) is 9.26. The number of fused-ring (bicyclic) bond motifs is 8. The van der Waals surface area contributed by atoms with Crippen molar-refractivity contribution in [1.82, 2.24) is 14.5 Å². The Morgan fingerprint density at radius 2 is 1.51 bits per heavy atom. The van der Waals surface area contributed by atoms with E-state index in [0.717, 1.165) is 66.3 Å². The van der Waals surface area contributed by atoms with E-state index in [9.17, 15) is 0 Å². The van der Waals surface area contributed by atoms with Gasteiger partial charge >= 0.3 is 0 Å². The van der Waals surface area contributed by atoms with Crippen LogP contribution in [0.4, 0.5) is 4.39 Å². The minimum Gasteiger partial charge on any atom is -0.456 e. The number of aromatic nitrogens is 3. The highest BCUT2D eigenvalue weighted by Gasteiger charge is 2.25. The van der Waals surface area contributed by atoms with Crippen LogP contribution in [0.5, 0.6) is 0 Å². The van der Waals surface area contributed by atoms with Gasteiger partial charge in [0.25, 0.3) is 0 Å². The van der Waals surface area contributed by atoms with Crippen LogP contribution in [0.2, 0.25) is 0 Å². The lowest BCUT2D eigenvalue weighted by Gasteiger charge is -2.16. The zero-order valence-electron chi connectivity index (χ0n) is 25.3. The van der Waals surface area contributed by atoms with Crippen LogP contribution in [0.3, 0.4) is 0 Å². The summed E-state index contributed by atoms with van der Waals surface area (Å²) in [7, 11) is 0. The molecule has 0 saturated heterocycles. The molecule has 0 fully saturated rings. The van der Waals surface area contributed by atoms with E-state index in [4.69, 9.17) is 18.8 Å². The summed E-state index contributed by atoms with van der Waals surface area (Å²) >= 11 is 0. The van der Waals surface area contributed by atoms with Gasteiger partial charge in [-0.05, 0) is 84.6 Å². The Morgan fingerprint density at radius 3 is 2.33 bits per heavy atom. The molecule has 4 heterocycles. The fraction of sp³-hybridized carbons (Fsp3) is 0.128. The largest absolute Gasteiger partial charge is 0.456 e. The number of pyridine rings is 1. The van der Waals surface area contributed by atoms with Gasteiger partial charge in [0.1, 0.15) is 22.8 Å². The van der Waals surface area contributed by atoms with E-state index in [0.29, 0.717) is 33.5 Å². The molecule has 0 saturated carbocycles. The minimum atomic E-state index is -0.351. The van der Waals surface area contributed by atoms with Crippen LogP contribution in [-0.4, -0.2) is 14.5 Å². The summed E-state index contributed by atoms with van der Waals surface area (Å²) in [6, 6.07) is 30.0. The number of aryl methyl sites for hydroxylation is 2. The molecule has 218 valence electrons. The SMILES string of the molecule is Cc1cc2c(oc3ccccc32)c(C)c1-n1c(-c2ccc(F)c3c2oc2nc(C(C)C)ccc23)nc2cc3ccccc3cc21. The van der Waals surface area contributed by atoms with Crippen molar-refractivity contribution in [2.75, 3.05) is 0 Å². The Bertz CT molecular complexity index is 2670. The first-order valence-electron chi connectivity index (χ1n) is 15.2. The van der Waals surface area contributed by atoms with Gasteiger partial charge in [-0.2, -0.15) is 0 Å². The van der Waals surface area contributed by atoms with E-state index in [-0.39, 0.29) is 11.7 Å². The zero-order valence-corrected chi connectivity index (χ0v) is 25.3. The molecule has 5 aromatic carbocycles. The lowest BCUT2D eigenvalue weighted by molar-refractivity contribution is 0.630. The first-order chi connectivity index (χ1) is 21.9. The fourth-order valence-electron chi connectivity index (χ4n) is 6.92. The van der Waals surface area contributed by atoms with E-state index in [1.54, 1.807) is 6.07 Å². The summed E-state index contributed by atoms with van der Waals surface area (Å²) in [5, 5.41) is 5.43. The van der Waals surface area contributed by atoms with Crippen LogP contribution in [-0.2, 0) is 0 Å². The Balaban J connectivity index is 1.42. The summed E-state index contributed by atoms with van der Waals surface area (Å²) in [5.41, 5.74) is 8.96. The van der Waals surface area contributed by atoms with Gasteiger partial charge < -0.3 is 8.83 Å². The minimum absolute atomic E-state index is 0.212. The number of benzene rings is 5. The van der Waals surface area contributed by atoms with Crippen LogP contribution in [0.15, 0.2) is 99.8 Å². The molecular weight excluding hydrogens is 561 g/mol. The Morgan fingerprint density at radius 1 is 0.733 bits per heavy atom. The van der Waals surface area contributed by atoms with Crippen molar-refractivity contribution in [3.63, 3.8) is 0 Å². The van der Waals surface area contributed by atoms with Gasteiger partial charge in [0, 0.05) is 22.0 Å². The molecule has 0 aliphatic heterocycles. The first kappa shape index (κ1) is 26.0. The van der Waals surface area contributed by atoms with Gasteiger partial charge in [-0.15, -0.1) is 0 Å². The van der Waals surface area contributed by atoms with Crippen LogP contribution in [0.1, 0.15) is 36.6 Å². The van der Waals surface area contributed by atoms with Gasteiger partial charge in [0.15, 0.2) is 5.58 Å². The van der Waals surface area contributed by atoms with E-state index < -0.39 is 0 Å². The number of rotatable bonds is 3.